The fourth-order valence-electron chi connectivity index (χ4n) is 3.08. The number of rotatable bonds is 6. The van der Waals surface area contributed by atoms with Gasteiger partial charge in [0, 0.05) is 18.3 Å². The second kappa shape index (κ2) is 7.48. The van der Waals surface area contributed by atoms with E-state index in [2.05, 4.69) is 15.2 Å². The van der Waals surface area contributed by atoms with E-state index in [0.29, 0.717) is 39.1 Å². The SMILES string of the molecule is CC(=O)c1c(C)[nH]c(C(=O)CSc2nnc(-c3ccccc3F)n2C)c1C. The van der Waals surface area contributed by atoms with E-state index in [1.54, 1.807) is 43.7 Å². The number of carbonyl (C=O) groups excluding carboxylic acids is 2. The van der Waals surface area contributed by atoms with Crippen LogP contribution in [0.2, 0.25) is 0 Å². The van der Waals surface area contributed by atoms with Gasteiger partial charge in [-0.2, -0.15) is 0 Å². The van der Waals surface area contributed by atoms with Gasteiger partial charge in [-0.25, -0.2) is 4.39 Å². The predicted octanol–water partition coefficient (Wildman–Crippen LogP) is 3.74. The molecule has 0 atom stereocenters. The van der Waals surface area contributed by atoms with E-state index in [0.717, 1.165) is 0 Å². The average molecular weight is 386 g/mol. The largest absolute Gasteiger partial charge is 0.355 e. The van der Waals surface area contributed by atoms with E-state index in [9.17, 15) is 14.0 Å². The summed E-state index contributed by atoms with van der Waals surface area (Å²) in [6.45, 7) is 5.02. The molecular weight excluding hydrogens is 367 g/mol. The first-order valence-corrected chi connectivity index (χ1v) is 9.30. The molecule has 8 heteroatoms. The van der Waals surface area contributed by atoms with E-state index in [-0.39, 0.29) is 23.1 Å². The van der Waals surface area contributed by atoms with Crippen LogP contribution in [-0.4, -0.2) is 37.1 Å². The van der Waals surface area contributed by atoms with Gasteiger partial charge in [-0.05, 0) is 38.5 Å². The number of aromatic nitrogens is 4. The van der Waals surface area contributed by atoms with Crippen molar-refractivity contribution in [3.8, 4) is 11.4 Å². The number of Topliss-reactive ketones (excluding diaryl/α,β-unsaturated/α-hetero) is 2. The molecule has 0 saturated carbocycles. The van der Waals surface area contributed by atoms with Crippen LogP contribution in [0.3, 0.4) is 0 Å². The van der Waals surface area contributed by atoms with Crippen LogP contribution in [0.15, 0.2) is 29.4 Å². The number of nitrogens with one attached hydrogen (secondary N) is 1. The third kappa shape index (κ3) is 3.57. The number of aryl methyl sites for hydroxylation is 1. The van der Waals surface area contributed by atoms with Crippen molar-refractivity contribution in [1.29, 1.82) is 0 Å². The Labute approximate surface area is 160 Å². The summed E-state index contributed by atoms with van der Waals surface area (Å²) >= 11 is 1.22. The van der Waals surface area contributed by atoms with Gasteiger partial charge in [-0.15, -0.1) is 10.2 Å². The smallest absolute Gasteiger partial charge is 0.191 e. The normalized spacial score (nSPS) is 11.0. The van der Waals surface area contributed by atoms with E-state index >= 15 is 0 Å². The number of H-pyrrole nitrogens is 1. The summed E-state index contributed by atoms with van der Waals surface area (Å²) in [7, 11) is 1.73. The highest BCUT2D eigenvalue weighted by molar-refractivity contribution is 7.99. The van der Waals surface area contributed by atoms with Crippen LogP contribution in [-0.2, 0) is 7.05 Å². The Morgan fingerprint density at radius 3 is 2.56 bits per heavy atom. The number of thioether (sulfide) groups is 1. The zero-order valence-corrected chi connectivity index (χ0v) is 16.3. The Hall–Kier alpha value is -2.74. The maximum absolute atomic E-state index is 14.0. The van der Waals surface area contributed by atoms with Crippen LogP contribution in [0.25, 0.3) is 11.4 Å². The van der Waals surface area contributed by atoms with Crippen molar-refractivity contribution in [3.05, 3.63) is 52.6 Å². The highest BCUT2D eigenvalue weighted by Gasteiger charge is 2.21. The van der Waals surface area contributed by atoms with Crippen LogP contribution in [0.5, 0.6) is 0 Å². The molecule has 0 aliphatic rings. The molecule has 1 N–H and O–H groups in total. The van der Waals surface area contributed by atoms with Gasteiger partial charge in [-0.3, -0.25) is 9.59 Å². The Bertz CT molecular complexity index is 1040. The van der Waals surface area contributed by atoms with E-state index in [1.807, 2.05) is 0 Å². The first kappa shape index (κ1) is 19.0. The molecule has 0 saturated heterocycles. The molecule has 0 amide bonds. The average Bonchev–Trinajstić information content (AvgIpc) is 3.12. The Morgan fingerprint density at radius 1 is 1.22 bits per heavy atom. The van der Waals surface area contributed by atoms with Crippen molar-refractivity contribution >= 4 is 23.3 Å². The van der Waals surface area contributed by atoms with E-state index in [1.165, 1.54) is 24.8 Å². The summed E-state index contributed by atoms with van der Waals surface area (Å²) in [4.78, 5) is 27.3. The van der Waals surface area contributed by atoms with Crippen molar-refractivity contribution in [3.63, 3.8) is 0 Å². The summed E-state index contributed by atoms with van der Waals surface area (Å²) < 4.78 is 15.6. The molecule has 6 nitrogen and oxygen atoms in total. The van der Waals surface area contributed by atoms with Crippen molar-refractivity contribution in [1.82, 2.24) is 19.7 Å². The minimum absolute atomic E-state index is 0.0733. The lowest BCUT2D eigenvalue weighted by Gasteiger charge is -2.04. The number of benzene rings is 1. The maximum atomic E-state index is 14.0. The number of ketones is 2. The summed E-state index contributed by atoms with van der Waals surface area (Å²) in [5.74, 6) is -0.0653. The first-order valence-electron chi connectivity index (χ1n) is 8.31. The summed E-state index contributed by atoms with van der Waals surface area (Å²) in [6, 6.07) is 6.34. The maximum Gasteiger partial charge on any atom is 0.191 e. The number of hydrogen-bond donors (Lipinski definition) is 1. The van der Waals surface area contributed by atoms with Gasteiger partial charge in [0.05, 0.1) is 17.0 Å². The van der Waals surface area contributed by atoms with Gasteiger partial charge in [0.25, 0.3) is 0 Å². The number of carbonyl (C=O) groups is 2. The topological polar surface area (TPSA) is 80.6 Å². The quantitative estimate of drug-likeness (QED) is 0.516. The fourth-order valence-corrected chi connectivity index (χ4v) is 3.86. The molecule has 0 radical (unpaired) electrons. The minimum atomic E-state index is -0.380. The minimum Gasteiger partial charge on any atom is -0.355 e. The summed E-state index contributed by atoms with van der Waals surface area (Å²) in [6.07, 6.45) is 0. The molecule has 0 bridgehead atoms. The molecule has 27 heavy (non-hydrogen) atoms. The van der Waals surface area contributed by atoms with Gasteiger partial charge in [0.2, 0.25) is 0 Å². The van der Waals surface area contributed by atoms with Crippen molar-refractivity contribution in [2.75, 3.05) is 5.75 Å². The summed E-state index contributed by atoms with van der Waals surface area (Å²) in [5, 5.41) is 8.62. The molecule has 0 unspecified atom stereocenters. The third-order valence-corrected chi connectivity index (χ3v) is 5.37. The van der Waals surface area contributed by atoms with Gasteiger partial charge >= 0.3 is 0 Å². The number of halogens is 1. The molecule has 0 aliphatic carbocycles. The fraction of sp³-hybridized carbons (Fsp3) is 0.263. The van der Waals surface area contributed by atoms with Gasteiger partial charge < -0.3 is 9.55 Å². The second-order valence-electron chi connectivity index (χ2n) is 6.24. The lowest BCUT2D eigenvalue weighted by Crippen LogP contribution is -2.06. The van der Waals surface area contributed by atoms with Crippen LogP contribution < -0.4 is 0 Å². The number of nitrogens with zero attached hydrogens (tertiary/aromatic N) is 3. The van der Waals surface area contributed by atoms with Crippen LogP contribution in [0, 0.1) is 19.7 Å². The Kier molecular flexibility index (Phi) is 5.27. The monoisotopic (exact) mass is 386 g/mol. The second-order valence-corrected chi connectivity index (χ2v) is 7.18. The van der Waals surface area contributed by atoms with Gasteiger partial charge in [0.1, 0.15) is 5.82 Å². The van der Waals surface area contributed by atoms with Crippen molar-refractivity contribution < 1.29 is 14.0 Å². The molecule has 3 rings (SSSR count). The zero-order chi connectivity index (χ0) is 19.7. The Morgan fingerprint density at radius 2 is 1.93 bits per heavy atom. The van der Waals surface area contributed by atoms with E-state index in [4.69, 9.17) is 0 Å². The zero-order valence-electron chi connectivity index (χ0n) is 15.5. The van der Waals surface area contributed by atoms with Crippen LogP contribution in [0.4, 0.5) is 4.39 Å². The van der Waals surface area contributed by atoms with Gasteiger partial charge in [0.15, 0.2) is 22.5 Å². The van der Waals surface area contributed by atoms with E-state index < -0.39 is 0 Å². The van der Waals surface area contributed by atoms with Crippen LogP contribution >= 0.6 is 11.8 Å². The lowest BCUT2D eigenvalue weighted by atomic mass is 10.1. The van der Waals surface area contributed by atoms with Crippen LogP contribution in [0.1, 0.15) is 39.0 Å². The number of aromatic amines is 1. The van der Waals surface area contributed by atoms with Gasteiger partial charge in [-0.1, -0.05) is 23.9 Å². The molecule has 0 fully saturated rings. The molecule has 2 heterocycles. The molecule has 2 aromatic heterocycles. The molecule has 1 aromatic carbocycles. The first-order chi connectivity index (χ1) is 12.8. The Balaban J connectivity index is 1.79. The molecule has 3 aromatic rings. The predicted molar refractivity (Wildman–Crippen MR) is 102 cm³/mol. The molecule has 140 valence electrons. The molecule has 0 spiro atoms. The van der Waals surface area contributed by atoms with Crippen molar-refractivity contribution in [2.24, 2.45) is 7.05 Å². The van der Waals surface area contributed by atoms with Crippen molar-refractivity contribution in [2.45, 2.75) is 25.9 Å². The number of hydrogen-bond acceptors (Lipinski definition) is 5. The summed E-state index contributed by atoms with van der Waals surface area (Å²) in [5.41, 5.74) is 2.70. The highest BCUT2D eigenvalue weighted by atomic mass is 32.2. The molecular formula is C19H19FN4O2S. The highest BCUT2D eigenvalue weighted by Crippen LogP contribution is 2.26. The molecule has 0 aliphatic heterocycles. The lowest BCUT2D eigenvalue weighted by molar-refractivity contribution is 0.101. The third-order valence-electron chi connectivity index (χ3n) is 4.35. The standard InChI is InChI=1S/C19H19FN4O2S/c1-10-16(12(3)25)11(2)21-17(10)15(26)9-27-19-23-22-18(24(19)4)13-7-5-6-8-14(13)20/h5-8,21H,9H2,1-4H3.